The van der Waals surface area contributed by atoms with Gasteiger partial charge in [0.05, 0.1) is 5.56 Å². The zero-order chi connectivity index (χ0) is 20.1. The molecule has 0 heterocycles. The Kier molecular flexibility index (Phi) is 5.95. The minimum Gasteiger partial charge on any atom is -0.457 e. The smallest absolute Gasteiger partial charge is 0.257 e. The Morgan fingerprint density at radius 1 is 0.793 bits per heavy atom. The molecular weight excluding hydrogens is 358 g/mol. The number of carbonyl (C=O) groups is 1. The Hall–Kier alpha value is -3.07. The molecule has 0 N–H and O–H groups in total. The van der Waals surface area contributed by atoms with Gasteiger partial charge < -0.3 is 9.64 Å². The third-order valence-electron chi connectivity index (χ3n) is 5.75. The average molecular weight is 386 g/mol. The summed E-state index contributed by atoms with van der Waals surface area (Å²) in [6.07, 6.45) is 5.86. The number of ether oxygens (including phenoxy) is 1. The minimum atomic E-state index is 0.0356. The molecule has 148 valence electrons. The van der Waals surface area contributed by atoms with Gasteiger partial charge in [0.15, 0.2) is 0 Å². The normalized spacial score (nSPS) is 14.4. The number of rotatable bonds is 5. The summed E-state index contributed by atoms with van der Waals surface area (Å²) in [7, 11) is 1.92. The van der Waals surface area contributed by atoms with Crippen LogP contribution in [0, 0.1) is 0 Å². The van der Waals surface area contributed by atoms with Crippen molar-refractivity contribution in [3.05, 3.63) is 84.4 Å². The lowest BCUT2D eigenvalue weighted by Crippen LogP contribution is -2.38. The Labute approximate surface area is 172 Å². The van der Waals surface area contributed by atoms with Crippen molar-refractivity contribution in [1.29, 1.82) is 0 Å². The molecule has 3 nitrogen and oxygen atoms in total. The number of para-hydroxylation sites is 1. The van der Waals surface area contributed by atoms with Crippen molar-refractivity contribution < 1.29 is 9.53 Å². The lowest BCUT2D eigenvalue weighted by molar-refractivity contribution is 0.0693. The third kappa shape index (κ3) is 4.51. The van der Waals surface area contributed by atoms with Crippen LogP contribution < -0.4 is 4.74 Å². The second-order valence-corrected chi connectivity index (χ2v) is 7.70. The summed E-state index contributed by atoms with van der Waals surface area (Å²) in [6.45, 7) is 0. The zero-order valence-electron chi connectivity index (χ0n) is 16.9. The van der Waals surface area contributed by atoms with Crippen LogP contribution in [0.15, 0.2) is 78.9 Å². The molecule has 0 spiro atoms. The summed E-state index contributed by atoms with van der Waals surface area (Å²) in [5.41, 5.74) is 2.93. The highest BCUT2D eigenvalue weighted by molar-refractivity contribution is 5.97. The number of hydrogen-bond donors (Lipinski definition) is 0. The summed E-state index contributed by atoms with van der Waals surface area (Å²) < 4.78 is 6.11. The number of amides is 1. The highest BCUT2D eigenvalue weighted by atomic mass is 16.5. The van der Waals surface area contributed by atoms with Gasteiger partial charge in [-0.05, 0) is 48.2 Å². The van der Waals surface area contributed by atoms with Gasteiger partial charge in [-0.1, -0.05) is 73.9 Å². The SMILES string of the molecule is CN(C(=O)c1ccccc1Oc1ccc(-c2ccccc2)cc1)C1CCCCC1. The summed E-state index contributed by atoms with van der Waals surface area (Å²) in [5.74, 6) is 1.37. The predicted molar refractivity (Wildman–Crippen MR) is 117 cm³/mol. The van der Waals surface area contributed by atoms with Gasteiger partial charge in [-0.3, -0.25) is 4.79 Å². The molecule has 0 unspecified atom stereocenters. The standard InChI is InChI=1S/C26H27NO2/c1-27(22-12-6-3-7-13-22)26(28)24-14-8-9-15-25(24)29-23-18-16-21(17-19-23)20-10-4-2-5-11-20/h2,4-5,8-11,14-19,22H,3,6-7,12-13H2,1H3. The third-order valence-corrected chi connectivity index (χ3v) is 5.75. The maximum atomic E-state index is 13.1. The van der Waals surface area contributed by atoms with E-state index in [1.54, 1.807) is 0 Å². The van der Waals surface area contributed by atoms with E-state index in [9.17, 15) is 4.79 Å². The molecule has 4 rings (SSSR count). The minimum absolute atomic E-state index is 0.0356. The molecule has 3 aromatic carbocycles. The van der Waals surface area contributed by atoms with Crippen molar-refractivity contribution >= 4 is 5.91 Å². The highest BCUT2D eigenvalue weighted by Crippen LogP contribution is 2.30. The van der Waals surface area contributed by atoms with Crippen molar-refractivity contribution in [2.45, 2.75) is 38.1 Å². The fourth-order valence-electron chi connectivity index (χ4n) is 4.03. The summed E-state index contributed by atoms with van der Waals surface area (Å²) in [6, 6.07) is 26.1. The molecule has 3 heteroatoms. The van der Waals surface area contributed by atoms with Crippen LogP contribution in [0.25, 0.3) is 11.1 Å². The van der Waals surface area contributed by atoms with Gasteiger partial charge in [0.25, 0.3) is 5.91 Å². The van der Waals surface area contributed by atoms with E-state index in [0.717, 1.165) is 24.2 Å². The fraction of sp³-hybridized carbons (Fsp3) is 0.269. The van der Waals surface area contributed by atoms with Crippen LogP contribution in [0.2, 0.25) is 0 Å². The fourth-order valence-corrected chi connectivity index (χ4v) is 4.03. The van der Waals surface area contributed by atoms with Crippen LogP contribution >= 0.6 is 0 Å². The van der Waals surface area contributed by atoms with Crippen LogP contribution in [0.4, 0.5) is 0 Å². The Bertz CT molecular complexity index is 944. The quantitative estimate of drug-likeness (QED) is 0.498. The molecule has 0 saturated heterocycles. The lowest BCUT2D eigenvalue weighted by atomic mass is 9.94. The lowest BCUT2D eigenvalue weighted by Gasteiger charge is -2.31. The van der Waals surface area contributed by atoms with E-state index in [0.29, 0.717) is 17.4 Å². The first kappa shape index (κ1) is 19.3. The molecular formula is C26H27NO2. The summed E-state index contributed by atoms with van der Waals surface area (Å²) >= 11 is 0. The second kappa shape index (κ2) is 8.95. The Balaban J connectivity index is 1.52. The van der Waals surface area contributed by atoms with Crippen LogP contribution in [0.3, 0.4) is 0 Å². The molecule has 0 aromatic heterocycles. The van der Waals surface area contributed by atoms with Gasteiger partial charge in [0, 0.05) is 13.1 Å². The van der Waals surface area contributed by atoms with Crippen molar-refractivity contribution in [2.24, 2.45) is 0 Å². The Morgan fingerprint density at radius 2 is 1.41 bits per heavy atom. The van der Waals surface area contributed by atoms with Crippen LogP contribution in [0.1, 0.15) is 42.5 Å². The molecule has 0 radical (unpaired) electrons. The van der Waals surface area contributed by atoms with E-state index in [4.69, 9.17) is 4.74 Å². The van der Waals surface area contributed by atoms with E-state index in [1.807, 2.05) is 78.7 Å². The number of nitrogens with zero attached hydrogens (tertiary/aromatic N) is 1. The van der Waals surface area contributed by atoms with Crippen LogP contribution in [-0.2, 0) is 0 Å². The van der Waals surface area contributed by atoms with E-state index >= 15 is 0 Å². The highest BCUT2D eigenvalue weighted by Gasteiger charge is 2.25. The van der Waals surface area contributed by atoms with Gasteiger partial charge >= 0.3 is 0 Å². The molecule has 1 saturated carbocycles. The van der Waals surface area contributed by atoms with Crippen molar-refractivity contribution in [3.8, 4) is 22.6 Å². The topological polar surface area (TPSA) is 29.5 Å². The number of benzene rings is 3. The number of carbonyl (C=O) groups excluding carboxylic acids is 1. The maximum Gasteiger partial charge on any atom is 0.257 e. The zero-order valence-corrected chi connectivity index (χ0v) is 16.9. The second-order valence-electron chi connectivity index (χ2n) is 7.70. The van der Waals surface area contributed by atoms with Gasteiger partial charge in [0.1, 0.15) is 11.5 Å². The van der Waals surface area contributed by atoms with Gasteiger partial charge in [-0.2, -0.15) is 0 Å². The molecule has 1 amide bonds. The molecule has 1 aliphatic rings. The van der Waals surface area contributed by atoms with E-state index in [1.165, 1.54) is 24.8 Å². The van der Waals surface area contributed by atoms with Gasteiger partial charge in [-0.25, -0.2) is 0 Å². The first-order valence-electron chi connectivity index (χ1n) is 10.4. The van der Waals surface area contributed by atoms with Crippen LogP contribution in [-0.4, -0.2) is 23.9 Å². The van der Waals surface area contributed by atoms with E-state index < -0.39 is 0 Å². The molecule has 1 fully saturated rings. The van der Waals surface area contributed by atoms with E-state index in [2.05, 4.69) is 12.1 Å². The molecule has 3 aromatic rings. The average Bonchev–Trinajstić information content (AvgIpc) is 2.80. The van der Waals surface area contributed by atoms with E-state index in [-0.39, 0.29) is 5.91 Å². The van der Waals surface area contributed by atoms with Crippen LogP contribution in [0.5, 0.6) is 11.5 Å². The molecule has 0 aliphatic heterocycles. The molecule has 0 bridgehead atoms. The monoisotopic (exact) mass is 385 g/mol. The molecule has 0 atom stereocenters. The number of hydrogen-bond acceptors (Lipinski definition) is 2. The van der Waals surface area contributed by atoms with Gasteiger partial charge in [0.2, 0.25) is 0 Å². The first-order chi connectivity index (χ1) is 14.2. The van der Waals surface area contributed by atoms with Gasteiger partial charge in [-0.15, -0.1) is 0 Å². The Morgan fingerprint density at radius 3 is 2.14 bits per heavy atom. The first-order valence-corrected chi connectivity index (χ1v) is 10.4. The summed E-state index contributed by atoms with van der Waals surface area (Å²) in [4.78, 5) is 15.0. The predicted octanol–water partition coefficient (Wildman–Crippen LogP) is 6.55. The molecule has 29 heavy (non-hydrogen) atoms. The maximum absolute atomic E-state index is 13.1. The van der Waals surface area contributed by atoms with Crippen molar-refractivity contribution in [3.63, 3.8) is 0 Å². The summed E-state index contributed by atoms with van der Waals surface area (Å²) in [5, 5.41) is 0. The van der Waals surface area contributed by atoms with Crippen molar-refractivity contribution in [1.82, 2.24) is 4.90 Å². The van der Waals surface area contributed by atoms with Crippen molar-refractivity contribution in [2.75, 3.05) is 7.05 Å². The largest absolute Gasteiger partial charge is 0.457 e. The molecule has 1 aliphatic carbocycles.